The number of rotatable bonds is 7. The summed E-state index contributed by atoms with van der Waals surface area (Å²) in [4.78, 5) is 15.1. The summed E-state index contributed by atoms with van der Waals surface area (Å²) in [6, 6.07) is 0. The van der Waals surface area contributed by atoms with Crippen molar-refractivity contribution in [1.29, 1.82) is 0 Å². The predicted molar refractivity (Wildman–Crippen MR) is 81.8 cm³/mol. The van der Waals surface area contributed by atoms with Gasteiger partial charge in [0.1, 0.15) is 9.88 Å². The summed E-state index contributed by atoms with van der Waals surface area (Å²) in [6.45, 7) is 6.24. The normalized spacial score (nSPS) is 10.6. The van der Waals surface area contributed by atoms with Crippen LogP contribution >= 0.6 is 23.1 Å². The first kappa shape index (κ1) is 15.2. The average Bonchev–Trinajstić information content (AvgIpc) is 2.66. The van der Waals surface area contributed by atoms with Gasteiger partial charge in [-0.05, 0) is 19.1 Å². The number of hydrogen-bond donors (Lipinski definition) is 2. The Kier molecular flexibility index (Phi) is 5.81. The minimum Gasteiger partial charge on any atom is -0.396 e. The maximum Gasteiger partial charge on any atom is 0.261 e. The maximum absolute atomic E-state index is 11.4. The molecule has 0 saturated heterocycles. The molecule has 6 heteroatoms. The number of nitrogens with zero attached hydrogens (tertiary/aromatic N) is 1. The molecule has 0 saturated carbocycles. The molecule has 1 rings (SSSR count). The fraction of sp³-hybridized carbons (Fsp3) is 0.583. The van der Waals surface area contributed by atoms with Gasteiger partial charge in [0.05, 0.1) is 10.6 Å². The second-order valence-electron chi connectivity index (χ2n) is 4.03. The number of carbonyl (C=O) groups excluding carboxylic acids is 1. The molecule has 1 aromatic heterocycles. The number of primary amides is 1. The van der Waals surface area contributed by atoms with Crippen molar-refractivity contribution >= 4 is 39.7 Å². The van der Waals surface area contributed by atoms with Crippen molar-refractivity contribution in [3.63, 3.8) is 0 Å². The highest BCUT2D eigenvalue weighted by Gasteiger charge is 2.22. The van der Waals surface area contributed by atoms with Crippen LogP contribution in [0, 0.1) is 0 Å². The molecule has 0 aromatic carbocycles. The van der Waals surface area contributed by atoms with Crippen molar-refractivity contribution in [2.75, 3.05) is 30.0 Å². The fourth-order valence-electron chi connectivity index (χ4n) is 1.86. The number of carbonyl (C=O) groups is 1. The van der Waals surface area contributed by atoms with Gasteiger partial charge in [-0.1, -0.05) is 13.8 Å². The minimum absolute atomic E-state index is 0.438. The Morgan fingerprint density at radius 2 is 1.89 bits per heavy atom. The van der Waals surface area contributed by atoms with E-state index >= 15 is 0 Å². The first-order chi connectivity index (χ1) is 8.56. The van der Waals surface area contributed by atoms with Gasteiger partial charge in [0.2, 0.25) is 0 Å². The monoisotopic (exact) mass is 287 g/mol. The van der Waals surface area contributed by atoms with Crippen LogP contribution in [0.4, 0.5) is 10.7 Å². The number of anilines is 2. The summed E-state index contributed by atoms with van der Waals surface area (Å²) in [6.07, 6.45) is 4.11. The molecule has 102 valence electrons. The lowest BCUT2D eigenvalue weighted by Gasteiger charge is -2.23. The summed E-state index contributed by atoms with van der Waals surface area (Å²) in [5.41, 5.74) is 11.9. The molecule has 0 aliphatic carbocycles. The third kappa shape index (κ3) is 3.11. The van der Waals surface area contributed by atoms with Crippen LogP contribution in [0.2, 0.25) is 0 Å². The molecule has 0 radical (unpaired) electrons. The highest BCUT2D eigenvalue weighted by molar-refractivity contribution is 7.99. The molecule has 0 spiro atoms. The van der Waals surface area contributed by atoms with Crippen LogP contribution in [-0.2, 0) is 0 Å². The molecule has 0 aliphatic heterocycles. The van der Waals surface area contributed by atoms with E-state index in [4.69, 9.17) is 11.5 Å². The molecule has 1 heterocycles. The van der Waals surface area contributed by atoms with E-state index in [9.17, 15) is 4.79 Å². The number of amides is 1. The number of nitrogen functional groups attached to an aromatic ring is 1. The highest BCUT2D eigenvalue weighted by Crippen LogP contribution is 2.43. The standard InChI is InChI=1S/C12H21N3OS2/c1-4-6-15(7-5-2)12-10(17-3)8(13)9(18-12)11(14)16/h4-7,13H2,1-3H3,(H2,14,16). The SMILES string of the molecule is CCCN(CCC)c1sc(C(N)=O)c(N)c1SC. The van der Waals surface area contributed by atoms with Gasteiger partial charge in [0.15, 0.2) is 0 Å². The van der Waals surface area contributed by atoms with Gasteiger partial charge in [-0.15, -0.1) is 23.1 Å². The largest absolute Gasteiger partial charge is 0.396 e. The van der Waals surface area contributed by atoms with E-state index in [0.717, 1.165) is 35.8 Å². The molecular formula is C12H21N3OS2. The zero-order valence-corrected chi connectivity index (χ0v) is 12.8. The molecule has 0 aliphatic rings. The van der Waals surface area contributed by atoms with Crippen molar-refractivity contribution < 1.29 is 4.79 Å². The Balaban J connectivity index is 3.19. The third-order valence-electron chi connectivity index (χ3n) is 2.58. The molecular weight excluding hydrogens is 266 g/mol. The zero-order valence-electron chi connectivity index (χ0n) is 11.2. The van der Waals surface area contributed by atoms with E-state index in [1.54, 1.807) is 11.8 Å². The van der Waals surface area contributed by atoms with E-state index in [2.05, 4.69) is 18.7 Å². The Bertz CT molecular complexity index is 412. The van der Waals surface area contributed by atoms with Crippen LogP contribution in [0.3, 0.4) is 0 Å². The number of thiophene rings is 1. The summed E-state index contributed by atoms with van der Waals surface area (Å²) < 4.78 is 0. The van der Waals surface area contributed by atoms with Gasteiger partial charge in [-0.3, -0.25) is 4.79 Å². The van der Waals surface area contributed by atoms with E-state index in [-0.39, 0.29) is 0 Å². The summed E-state index contributed by atoms with van der Waals surface area (Å²) in [7, 11) is 0. The lowest BCUT2D eigenvalue weighted by Crippen LogP contribution is -2.24. The molecule has 1 amide bonds. The molecule has 4 nitrogen and oxygen atoms in total. The first-order valence-corrected chi connectivity index (χ1v) is 8.11. The fourth-order valence-corrected chi connectivity index (χ4v) is 3.95. The topological polar surface area (TPSA) is 72.3 Å². The molecule has 0 unspecified atom stereocenters. The van der Waals surface area contributed by atoms with Gasteiger partial charge in [-0.2, -0.15) is 0 Å². The molecule has 0 fully saturated rings. The minimum atomic E-state index is -0.438. The summed E-state index contributed by atoms with van der Waals surface area (Å²) >= 11 is 2.99. The van der Waals surface area contributed by atoms with E-state index in [1.165, 1.54) is 11.3 Å². The Labute approximate surface area is 117 Å². The van der Waals surface area contributed by atoms with Crippen LogP contribution in [0.25, 0.3) is 0 Å². The molecule has 0 bridgehead atoms. The van der Waals surface area contributed by atoms with Crippen molar-refractivity contribution in [2.24, 2.45) is 5.73 Å². The lowest BCUT2D eigenvalue weighted by atomic mass is 10.3. The lowest BCUT2D eigenvalue weighted by molar-refractivity contribution is 0.100. The van der Waals surface area contributed by atoms with E-state index in [0.29, 0.717) is 10.6 Å². The summed E-state index contributed by atoms with van der Waals surface area (Å²) in [5.74, 6) is -0.438. The van der Waals surface area contributed by atoms with Gasteiger partial charge < -0.3 is 16.4 Å². The second kappa shape index (κ2) is 6.89. The molecule has 0 atom stereocenters. The molecule has 18 heavy (non-hydrogen) atoms. The van der Waals surface area contributed by atoms with Crippen LogP contribution in [0.1, 0.15) is 36.4 Å². The molecule has 4 N–H and O–H groups in total. The summed E-state index contributed by atoms with van der Waals surface area (Å²) in [5, 5.41) is 1.08. The van der Waals surface area contributed by atoms with Crippen LogP contribution in [0.5, 0.6) is 0 Å². The van der Waals surface area contributed by atoms with Crippen molar-refractivity contribution in [3.05, 3.63) is 4.88 Å². The zero-order chi connectivity index (χ0) is 13.7. The Morgan fingerprint density at radius 1 is 1.33 bits per heavy atom. The molecule has 1 aromatic rings. The number of hydrogen-bond acceptors (Lipinski definition) is 5. The quantitative estimate of drug-likeness (QED) is 0.756. The van der Waals surface area contributed by atoms with Gasteiger partial charge >= 0.3 is 0 Å². The highest BCUT2D eigenvalue weighted by atomic mass is 32.2. The van der Waals surface area contributed by atoms with Crippen LogP contribution < -0.4 is 16.4 Å². The average molecular weight is 287 g/mol. The smallest absolute Gasteiger partial charge is 0.261 e. The van der Waals surface area contributed by atoms with E-state index < -0.39 is 5.91 Å². The maximum atomic E-state index is 11.4. The Morgan fingerprint density at radius 3 is 2.28 bits per heavy atom. The van der Waals surface area contributed by atoms with Crippen molar-refractivity contribution in [1.82, 2.24) is 0 Å². The van der Waals surface area contributed by atoms with Gasteiger partial charge in [0, 0.05) is 13.1 Å². The predicted octanol–water partition coefficient (Wildman–Crippen LogP) is 2.78. The van der Waals surface area contributed by atoms with E-state index in [1.807, 2.05) is 6.26 Å². The first-order valence-electron chi connectivity index (χ1n) is 6.07. The number of thioether (sulfide) groups is 1. The van der Waals surface area contributed by atoms with Crippen molar-refractivity contribution in [3.8, 4) is 0 Å². The van der Waals surface area contributed by atoms with Gasteiger partial charge in [-0.25, -0.2) is 0 Å². The third-order valence-corrected chi connectivity index (χ3v) is 4.82. The second-order valence-corrected chi connectivity index (χ2v) is 5.85. The Hall–Kier alpha value is -0.880. The van der Waals surface area contributed by atoms with Crippen LogP contribution in [0.15, 0.2) is 4.90 Å². The van der Waals surface area contributed by atoms with Crippen molar-refractivity contribution in [2.45, 2.75) is 31.6 Å². The van der Waals surface area contributed by atoms with Gasteiger partial charge in [0.25, 0.3) is 5.91 Å². The number of nitrogens with two attached hydrogens (primary N) is 2. The van der Waals surface area contributed by atoms with Crippen LogP contribution in [-0.4, -0.2) is 25.3 Å².